The van der Waals surface area contributed by atoms with E-state index in [1.54, 1.807) is 0 Å². The Hall–Kier alpha value is -0.320. The smallest absolute Gasteiger partial charge is 0.140 e. The molecule has 0 aliphatic rings. The van der Waals surface area contributed by atoms with Crippen molar-refractivity contribution in [2.45, 2.75) is 26.7 Å². The molecular weight excluding hydrogens is 360 g/mol. The number of aliphatic hydroxyl groups is 1. The van der Waals surface area contributed by atoms with Crippen LogP contribution in [0.25, 0.3) is 6.08 Å². The molecule has 0 fully saturated rings. The molecule has 2 nitrogen and oxygen atoms in total. The van der Waals surface area contributed by atoms with Crippen LogP contribution in [0.4, 0.5) is 0 Å². The lowest BCUT2D eigenvalue weighted by molar-refractivity contribution is 0.314. The first-order valence-corrected chi connectivity index (χ1v) is 7.63. The van der Waals surface area contributed by atoms with Gasteiger partial charge in [0, 0.05) is 10.0 Å². The van der Waals surface area contributed by atoms with Crippen molar-refractivity contribution in [2.75, 3.05) is 13.2 Å². The molecule has 100 valence electrons. The third-order valence-corrected chi connectivity index (χ3v) is 3.55. The average Bonchev–Trinajstić information content (AvgIpc) is 2.34. The summed E-state index contributed by atoms with van der Waals surface area (Å²) < 4.78 is 7.67. The molecule has 4 heteroatoms. The number of benzene rings is 1. The molecule has 0 unspecified atom stereocenters. The summed E-state index contributed by atoms with van der Waals surface area (Å²) in [4.78, 5) is 0. The molecule has 1 aromatic carbocycles. The Morgan fingerprint density at radius 3 is 2.61 bits per heavy atom. The van der Waals surface area contributed by atoms with E-state index < -0.39 is 0 Å². The van der Waals surface area contributed by atoms with Gasteiger partial charge in [0.15, 0.2) is 0 Å². The van der Waals surface area contributed by atoms with Gasteiger partial charge in [-0.25, -0.2) is 0 Å². The zero-order chi connectivity index (χ0) is 13.5. The van der Waals surface area contributed by atoms with Gasteiger partial charge in [-0.2, -0.15) is 0 Å². The normalized spacial score (nSPS) is 11.7. The second-order valence-electron chi connectivity index (χ2n) is 3.97. The number of hydrogen-bond acceptors (Lipinski definition) is 2. The molecule has 0 amide bonds. The Labute approximate surface area is 125 Å². The van der Waals surface area contributed by atoms with Gasteiger partial charge < -0.3 is 9.84 Å². The summed E-state index contributed by atoms with van der Waals surface area (Å²) in [6.45, 7) is 4.87. The molecule has 0 aliphatic heterocycles. The molecule has 0 aliphatic carbocycles. The topological polar surface area (TPSA) is 29.5 Å². The molecule has 1 N–H and O–H groups in total. The first-order chi connectivity index (χ1) is 8.62. The van der Waals surface area contributed by atoms with Crippen molar-refractivity contribution in [1.29, 1.82) is 0 Å². The maximum absolute atomic E-state index is 9.26. The summed E-state index contributed by atoms with van der Waals surface area (Å²) in [5.74, 6) is 0.833. The fourth-order valence-electron chi connectivity index (χ4n) is 1.52. The quantitative estimate of drug-likeness (QED) is 0.772. The summed E-state index contributed by atoms with van der Waals surface area (Å²) in [5.41, 5.74) is 1.97. The Morgan fingerprint density at radius 1 is 1.33 bits per heavy atom. The van der Waals surface area contributed by atoms with Gasteiger partial charge in [0.1, 0.15) is 5.75 Å². The van der Waals surface area contributed by atoms with E-state index in [4.69, 9.17) is 4.74 Å². The van der Waals surface area contributed by atoms with E-state index in [-0.39, 0.29) is 6.61 Å². The monoisotopic (exact) mass is 376 g/mol. The summed E-state index contributed by atoms with van der Waals surface area (Å²) in [7, 11) is 0. The minimum Gasteiger partial charge on any atom is -0.492 e. The van der Waals surface area contributed by atoms with E-state index in [2.05, 4.69) is 38.8 Å². The van der Waals surface area contributed by atoms with Crippen LogP contribution < -0.4 is 4.74 Å². The van der Waals surface area contributed by atoms with Crippen molar-refractivity contribution in [3.63, 3.8) is 0 Å². The van der Waals surface area contributed by atoms with E-state index in [9.17, 15) is 5.11 Å². The largest absolute Gasteiger partial charge is 0.492 e. The Balaban J connectivity index is 3.18. The van der Waals surface area contributed by atoms with Crippen LogP contribution in [0.15, 0.2) is 26.7 Å². The van der Waals surface area contributed by atoms with Crippen LogP contribution >= 0.6 is 31.9 Å². The molecule has 1 aromatic rings. The van der Waals surface area contributed by atoms with Crippen molar-refractivity contribution < 1.29 is 9.84 Å². The molecule has 0 spiro atoms. The van der Waals surface area contributed by atoms with Gasteiger partial charge in [-0.15, -0.1) is 0 Å². The van der Waals surface area contributed by atoms with Crippen LogP contribution in [0.2, 0.25) is 0 Å². The zero-order valence-corrected chi connectivity index (χ0v) is 13.8. The molecule has 18 heavy (non-hydrogen) atoms. The Kier molecular flexibility index (Phi) is 6.97. The third kappa shape index (κ3) is 4.41. The molecule has 0 radical (unpaired) electrons. The molecule has 0 saturated heterocycles. The van der Waals surface area contributed by atoms with Gasteiger partial charge in [-0.05, 0) is 52.6 Å². The summed E-state index contributed by atoms with van der Waals surface area (Å²) in [6, 6.07) is 3.97. The fourth-order valence-corrected chi connectivity index (χ4v) is 2.90. The van der Waals surface area contributed by atoms with E-state index in [0.717, 1.165) is 38.7 Å². The summed E-state index contributed by atoms with van der Waals surface area (Å²) in [5, 5.41) is 9.26. The molecule has 0 bridgehead atoms. The molecule has 0 atom stereocenters. The van der Waals surface area contributed by atoms with Gasteiger partial charge in [0.2, 0.25) is 0 Å². The molecule has 1 rings (SSSR count). The predicted molar refractivity (Wildman–Crippen MR) is 83.0 cm³/mol. The Bertz CT molecular complexity index is 422. The SMILES string of the molecule is CCCOc1c(Br)cc(Br)cc1C=C(CC)CO. The number of halogens is 2. The van der Waals surface area contributed by atoms with E-state index in [1.165, 1.54) is 0 Å². The van der Waals surface area contributed by atoms with Crippen molar-refractivity contribution in [3.05, 3.63) is 32.2 Å². The number of hydrogen-bond donors (Lipinski definition) is 1. The molecule has 0 heterocycles. The van der Waals surface area contributed by atoms with E-state index >= 15 is 0 Å². The molecular formula is C14H18Br2O2. The highest BCUT2D eigenvalue weighted by molar-refractivity contribution is 9.11. The third-order valence-electron chi connectivity index (χ3n) is 2.50. The lowest BCUT2D eigenvalue weighted by Gasteiger charge is -2.12. The second-order valence-corrected chi connectivity index (χ2v) is 5.74. The first-order valence-electron chi connectivity index (χ1n) is 6.04. The zero-order valence-electron chi connectivity index (χ0n) is 10.7. The van der Waals surface area contributed by atoms with Crippen LogP contribution in [0.5, 0.6) is 5.75 Å². The number of ether oxygens (including phenoxy) is 1. The lowest BCUT2D eigenvalue weighted by atomic mass is 10.1. The lowest BCUT2D eigenvalue weighted by Crippen LogP contribution is -1.99. The van der Waals surface area contributed by atoms with Crippen LogP contribution in [0, 0.1) is 0 Å². The Morgan fingerprint density at radius 2 is 2.06 bits per heavy atom. The van der Waals surface area contributed by atoms with Gasteiger partial charge in [0.25, 0.3) is 0 Å². The van der Waals surface area contributed by atoms with Crippen LogP contribution in [-0.4, -0.2) is 18.3 Å². The van der Waals surface area contributed by atoms with Gasteiger partial charge >= 0.3 is 0 Å². The van der Waals surface area contributed by atoms with Crippen molar-refractivity contribution in [3.8, 4) is 5.75 Å². The fraction of sp³-hybridized carbons (Fsp3) is 0.429. The predicted octanol–water partition coefficient (Wildman–Crippen LogP) is 4.79. The standard InChI is InChI=1S/C14H18Br2O2/c1-3-5-18-14-11(6-10(4-2)9-17)7-12(15)8-13(14)16/h6-8,17H,3-5,9H2,1-2H3. The minimum atomic E-state index is 0.0772. The summed E-state index contributed by atoms with van der Waals surface area (Å²) in [6.07, 6.45) is 3.78. The highest BCUT2D eigenvalue weighted by Gasteiger charge is 2.09. The maximum Gasteiger partial charge on any atom is 0.140 e. The highest BCUT2D eigenvalue weighted by Crippen LogP contribution is 2.34. The minimum absolute atomic E-state index is 0.0772. The average molecular weight is 378 g/mol. The van der Waals surface area contributed by atoms with E-state index in [0.29, 0.717) is 6.61 Å². The number of aliphatic hydroxyl groups excluding tert-OH is 1. The van der Waals surface area contributed by atoms with Gasteiger partial charge in [-0.1, -0.05) is 29.8 Å². The van der Waals surface area contributed by atoms with E-state index in [1.807, 2.05) is 25.1 Å². The van der Waals surface area contributed by atoms with Crippen LogP contribution in [-0.2, 0) is 0 Å². The first kappa shape index (κ1) is 15.7. The molecule has 0 aromatic heterocycles. The second kappa shape index (κ2) is 7.97. The van der Waals surface area contributed by atoms with Gasteiger partial charge in [-0.3, -0.25) is 0 Å². The summed E-state index contributed by atoms with van der Waals surface area (Å²) >= 11 is 6.99. The maximum atomic E-state index is 9.26. The van der Waals surface area contributed by atoms with Crippen molar-refractivity contribution in [2.24, 2.45) is 0 Å². The van der Waals surface area contributed by atoms with Crippen molar-refractivity contribution in [1.82, 2.24) is 0 Å². The van der Waals surface area contributed by atoms with Crippen LogP contribution in [0.1, 0.15) is 32.3 Å². The van der Waals surface area contributed by atoms with Crippen LogP contribution in [0.3, 0.4) is 0 Å². The van der Waals surface area contributed by atoms with Crippen molar-refractivity contribution >= 4 is 37.9 Å². The highest BCUT2D eigenvalue weighted by atomic mass is 79.9. The number of rotatable bonds is 6. The van der Waals surface area contributed by atoms with Gasteiger partial charge in [0.05, 0.1) is 17.7 Å². The molecule has 0 saturated carbocycles.